The molecule has 8 nitrogen and oxygen atoms in total. The molecule has 11 heteroatoms. The number of hydrogen-bond donors (Lipinski definition) is 0. The largest absolute Gasteiger partial charge is 0.491 e. The van der Waals surface area contributed by atoms with Gasteiger partial charge in [-0.1, -0.05) is 0 Å². The van der Waals surface area contributed by atoms with Crippen molar-refractivity contribution < 1.29 is 26.5 Å². The molecule has 118 valence electrons. The van der Waals surface area contributed by atoms with Gasteiger partial charge in [-0.25, -0.2) is 16.8 Å². The van der Waals surface area contributed by atoms with Crippen LogP contribution in [-0.2, 0) is 18.9 Å². The van der Waals surface area contributed by atoms with E-state index < -0.39 is 34.4 Å². The van der Waals surface area contributed by atoms with E-state index in [1.54, 1.807) is 0 Å². The van der Waals surface area contributed by atoms with Gasteiger partial charge in [0.15, 0.2) is 9.84 Å². The van der Waals surface area contributed by atoms with Crippen LogP contribution in [0.15, 0.2) is 17.0 Å². The minimum absolute atomic E-state index is 0.164. The Bertz CT molecular complexity index is 771. The summed E-state index contributed by atoms with van der Waals surface area (Å²) < 4.78 is 50.1. The highest BCUT2D eigenvalue weighted by Gasteiger charge is 2.24. The summed E-state index contributed by atoms with van der Waals surface area (Å²) in [7, 11) is -2.34. The molecule has 0 aliphatic heterocycles. The Hall–Kier alpha value is -1.39. The maximum Gasteiger partial charge on any atom is 0.271 e. The molecule has 0 aliphatic carbocycles. The summed E-state index contributed by atoms with van der Waals surface area (Å²) in [6.45, 7) is 1.10. The maximum atomic E-state index is 11.5. The molecule has 0 aromatic heterocycles. The summed E-state index contributed by atoms with van der Waals surface area (Å²) >= 11 is 0. The van der Waals surface area contributed by atoms with Crippen molar-refractivity contribution >= 4 is 35.3 Å². The average Bonchev–Trinajstić information content (AvgIpc) is 2.27. The van der Waals surface area contributed by atoms with Crippen molar-refractivity contribution in [3.05, 3.63) is 27.8 Å². The topological polar surface area (TPSA) is 121 Å². The maximum absolute atomic E-state index is 11.5. The number of benzene rings is 1. The first-order chi connectivity index (χ1) is 9.42. The van der Waals surface area contributed by atoms with Crippen LogP contribution in [-0.4, -0.2) is 40.4 Å². The lowest BCUT2D eigenvalue weighted by Gasteiger charge is -2.12. The van der Waals surface area contributed by atoms with Gasteiger partial charge in [-0.05, 0) is 12.5 Å². The molecule has 0 radical (unpaired) electrons. The summed E-state index contributed by atoms with van der Waals surface area (Å²) in [6, 6.07) is 1.88. The molecule has 0 saturated carbocycles. The molecule has 1 aromatic rings. The number of hydrogen-bond acceptors (Lipinski definition) is 7. The lowest BCUT2D eigenvalue weighted by Crippen LogP contribution is -2.14. The molecule has 0 aliphatic rings. The first kappa shape index (κ1) is 17.7. The van der Waals surface area contributed by atoms with E-state index in [-0.39, 0.29) is 23.7 Å². The number of aryl methyl sites for hydroxylation is 1. The van der Waals surface area contributed by atoms with Gasteiger partial charge in [0, 0.05) is 29.1 Å². The third-order valence-electron chi connectivity index (χ3n) is 2.40. The van der Waals surface area contributed by atoms with Crippen LogP contribution in [0.5, 0.6) is 5.75 Å². The minimum atomic E-state index is -4.28. The molecule has 0 atom stereocenters. The SMILES string of the molecule is Cc1cc([N+](=O)[O-])cc(S(=O)(=O)Cl)c1OCCS(C)(=O)=O. The molecule has 0 unspecified atom stereocenters. The number of nitrogens with zero attached hydrogens (tertiary/aromatic N) is 1. The van der Waals surface area contributed by atoms with Crippen molar-refractivity contribution in [2.75, 3.05) is 18.6 Å². The van der Waals surface area contributed by atoms with Crippen molar-refractivity contribution in [2.45, 2.75) is 11.8 Å². The molecule has 0 fully saturated rings. The smallest absolute Gasteiger partial charge is 0.271 e. The fraction of sp³-hybridized carbons (Fsp3) is 0.400. The third-order valence-corrected chi connectivity index (χ3v) is 4.63. The van der Waals surface area contributed by atoms with Gasteiger partial charge in [0.05, 0.1) is 10.7 Å². The zero-order valence-electron chi connectivity index (χ0n) is 11.1. The fourth-order valence-corrected chi connectivity index (χ4v) is 2.92. The van der Waals surface area contributed by atoms with Crippen LogP contribution in [0.1, 0.15) is 5.56 Å². The predicted octanol–water partition coefficient (Wildman–Crippen LogP) is 1.25. The molecule has 0 N–H and O–H groups in total. The van der Waals surface area contributed by atoms with E-state index in [0.29, 0.717) is 0 Å². The molecular weight excluding hydrogens is 346 g/mol. The minimum Gasteiger partial charge on any atom is -0.491 e. The quantitative estimate of drug-likeness (QED) is 0.426. The number of non-ortho nitro benzene ring substituents is 1. The van der Waals surface area contributed by atoms with Crippen LogP contribution < -0.4 is 4.74 Å². The van der Waals surface area contributed by atoms with E-state index in [0.717, 1.165) is 18.4 Å². The van der Waals surface area contributed by atoms with E-state index in [9.17, 15) is 26.9 Å². The van der Waals surface area contributed by atoms with E-state index in [1.165, 1.54) is 6.92 Å². The highest BCUT2D eigenvalue weighted by molar-refractivity contribution is 8.13. The first-order valence-electron chi connectivity index (χ1n) is 5.46. The van der Waals surface area contributed by atoms with Crippen LogP contribution >= 0.6 is 10.7 Å². The van der Waals surface area contributed by atoms with E-state index >= 15 is 0 Å². The first-order valence-corrected chi connectivity index (χ1v) is 9.83. The monoisotopic (exact) mass is 357 g/mol. The Kier molecular flexibility index (Phi) is 5.18. The zero-order chi connectivity index (χ0) is 16.4. The van der Waals surface area contributed by atoms with E-state index in [4.69, 9.17) is 15.4 Å². The van der Waals surface area contributed by atoms with Gasteiger partial charge in [0.1, 0.15) is 17.3 Å². The van der Waals surface area contributed by atoms with Gasteiger partial charge in [-0.15, -0.1) is 0 Å². The standard InChI is InChI=1S/C10H12ClNO7S2/c1-7-5-8(12(13)14)6-9(21(11,17)18)10(7)19-3-4-20(2,15)16/h5-6H,3-4H2,1-2H3. The lowest BCUT2D eigenvalue weighted by atomic mass is 10.2. The summed E-state index contributed by atoms with van der Waals surface area (Å²) in [5.74, 6) is -0.523. The van der Waals surface area contributed by atoms with E-state index in [2.05, 4.69) is 0 Å². The number of rotatable bonds is 6. The summed E-state index contributed by atoms with van der Waals surface area (Å²) in [5.41, 5.74) is -0.292. The van der Waals surface area contributed by atoms with Gasteiger partial charge in [0.2, 0.25) is 0 Å². The molecule has 0 bridgehead atoms. The summed E-state index contributed by atoms with van der Waals surface area (Å²) in [6.07, 6.45) is 0.998. The van der Waals surface area contributed by atoms with E-state index in [1.807, 2.05) is 0 Å². The Morgan fingerprint density at radius 2 is 1.86 bits per heavy atom. The molecule has 21 heavy (non-hydrogen) atoms. The Morgan fingerprint density at radius 1 is 1.29 bits per heavy atom. The highest BCUT2D eigenvalue weighted by atomic mass is 35.7. The Balaban J connectivity index is 3.27. The van der Waals surface area contributed by atoms with Crippen LogP contribution in [0.3, 0.4) is 0 Å². The molecule has 0 amide bonds. The number of ether oxygens (including phenoxy) is 1. The number of halogens is 1. The van der Waals surface area contributed by atoms with Crippen molar-refractivity contribution in [2.24, 2.45) is 0 Å². The number of sulfone groups is 1. The van der Waals surface area contributed by atoms with Gasteiger partial charge < -0.3 is 4.74 Å². The molecular formula is C10H12ClNO7S2. The van der Waals surface area contributed by atoms with Crippen molar-refractivity contribution in [1.82, 2.24) is 0 Å². The second kappa shape index (κ2) is 6.16. The molecule has 0 heterocycles. The predicted molar refractivity (Wildman–Crippen MR) is 76.1 cm³/mol. The van der Waals surface area contributed by atoms with Crippen molar-refractivity contribution in [1.29, 1.82) is 0 Å². The number of nitro benzene ring substituents is 1. The Morgan fingerprint density at radius 3 is 2.29 bits per heavy atom. The summed E-state index contributed by atoms with van der Waals surface area (Å²) in [5, 5.41) is 10.7. The second-order valence-electron chi connectivity index (χ2n) is 4.26. The van der Waals surface area contributed by atoms with Crippen molar-refractivity contribution in [3.8, 4) is 5.75 Å². The number of nitro groups is 1. The third kappa shape index (κ3) is 5.14. The summed E-state index contributed by atoms with van der Waals surface area (Å²) in [4.78, 5) is 9.41. The molecule has 0 spiro atoms. The molecule has 1 aromatic carbocycles. The lowest BCUT2D eigenvalue weighted by molar-refractivity contribution is -0.385. The van der Waals surface area contributed by atoms with Crippen LogP contribution in [0, 0.1) is 17.0 Å². The Labute approximate surface area is 126 Å². The average molecular weight is 358 g/mol. The van der Waals surface area contributed by atoms with Gasteiger partial charge in [-0.2, -0.15) is 0 Å². The van der Waals surface area contributed by atoms with Gasteiger partial charge >= 0.3 is 0 Å². The molecule has 1 rings (SSSR count). The van der Waals surface area contributed by atoms with Gasteiger partial charge in [0.25, 0.3) is 14.7 Å². The van der Waals surface area contributed by atoms with Gasteiger partial charge in [-0.3, -0.25) is 10.1 Å². The molecule has 0 saturated heterocycles. The fourth-order valence-electron chi connectivity index (χ4n) is 1.49. The second-order valence-corrected chi connectivity index (χ2v) is 9.06. The van der Waals surface area contributed by atoms with Crippen LogP contribution in [0.25, 0.3) is 0 Å². The normalized spacial score (nSPS) is 12.1. The zero-order valence-corrected chi connectivity index (χ0v) is 13.5. The van der Waals surface area contributed by atoms with Crippen molar-refractivity contribution in [3.63, 3.8) is 0 Å². The van der Waals surface area contributed by atoms with Crippen LogP contribution in [0.2, 0.25) is 0 Å². The van der Waals surface area contributed by atoms with Crippen LogP contribution in [0.4, 0.5) is 5.69 Å². The highest BCUT2D eigenvalue weighted by Crippen LogP contribution is 2.34.